The number of anilines is 1. The Kier molecular flexibility index (Phi) is 3.68. The average Bonchev–Trinajstić information content (AvgIpc) is 2.35. The van der Waals surface area contributed by atoms with E-state index in [4.69, 9.17) is 5.26 Å². The summed E-state index contributed by atoms with van der Waals surface area (Å²) in [6, 6.07) is 10.5. The molecular weight excluding hydrogens is 208 g/mol. The van der Waals surface area contributed by atoms with E-state index >= 15 is 0 Å². The fourth-order valence-corrected chi connectivity index (χ4v) is 2.69. The van der Waals surface area contributed by atoms with Gasteiger partial charge in [0.15, 0.2) is 0 Å². The third-order valence-corrected chi connectivity index (χ3v) is 4.10. The second-order valence-electron chi connectivity index (χ2n) is 5.18. The van der Waals surface area contributed by atoms with Gasteiger partial charge in [-0.15, -0.1) is 0 Å². The summed E-state index contributed by atoms with van der Waals surface area (Å²) in [5.74, 6) is 1.45. The third-order valence-electron chi connectivity index (χ3n) is 4.10. The number of para-hydroxylation sites is 1. The molecule has 0 heterocycles. The number of nitriles is 1. The second kappa shape index (κ2) is 5.23. The van der Waals surface area contributed by atoms with E-state index in [9.17, 15) is 0 Å². The van der Waals surface area contributed by atoms with Crippen LogP contribution >= 0.6 is 0 Å². The van der Waals surface area contributed by atoms with E-state index in [2.05, 4.69) is 25.2 Å². The fraction of sp³-hybridized carbons (Fsp3) is 0.533. The largest absolute Gasteiger partial charge is 0.381 e. The number of hydrogen-bond acceptors (Lipinski definition) is 2. The van der Waals surface area contributed by atoms with Gasteiger partial charge in [-0.25, -0.2) is 0 Å². The lowest BCUT2D eigenvalue weighted by molar-refractivity contribution is 0.253. The topological polar surface area (TPSA) is 35.8 Å². The maximum atomic E-state index is 9.08. The maximum Gasteiger partial charge on any atom is 0.101 e. The second-order valence-corrected chi connectivity index (χ2v) is 5.18. The van der Waals surface area contributed by atoms with Crippen molar-refractivity contribution >= 4 is 5.69 Å². The highest BCUT2D eigenvalue weighted by molar-refractivity contribution is 5.57. The Morgan fingerprint density at radius 3 is 2.76 bits per heavy atom. The number of nitrogens with one attached hydrogen (secondary N) is 1. The Morgan fingerprint density at radius 2 is 2.00 bits per heavy atom. The van der Waals surface area contributed by atoms with Crippen LogP contribution in [0.3, 0.4) is 0 Å². The smallest absolute Gasteiger partial charge is 0.101 e. The van der Waals surface area contributed by atoms with Crippen LogP contribution in [0.1, 0.15) is 38.7 Å². The summed E-state index contributed by atoms with van der Waals surface area (Å²) in [6.07, 6.45) is 3.84. The Hall–Kier alpha value is -1.49. The summed E-state index contributed by atoms with van der Waals surface area (Å²) >= 11 is 0. The molecule has 0 aliphatic heterocycles. The predicted octanol–water partition coefficient (Wildman–Crippen LogP) is 3.79. The molecule has 0 aromatic heterocycles. The number of benzene rings is 1. The first-order chi connectivity index (χ1) is 8.22. The van der Waals surface area contributed by atoms with Crippen molar-refractivity contribution in [1.82, 2.24) is 0 Å². The van der Waals surface area contributed by atoms with Gasteiger partial charge in [-0.1, -0.05) is 38.8 Å². The van der Waals surface area contributed by atoms with Crippen LogP contribution in [0.4, 0.5) is 5.69 Å². The molecule has 0 amide bonds. The van der Waals surface area contributed by atoms with E-state index in [1.165, 1.54) is 19.3 Å². The highest BCUT2D eigenvalue weighted by atomic mass is 14.9. The summed E-state index contributed by atoms with van der Waals surface area (Å²) < 4.78 is 0. The summed E-state index contributed by atoms with van der Waals surface area (Å²) in [5, 5.41) is 12.6. The van der Waals surface area contributed by atoms with Crippen LogP contribution in [0.25, 0.3) is 0 Å². The highest BCUT2D eigenvalue weighted by Gasteiger charge is 2.27. The first-order valence-corrected chi connectivity index (χ1v) is 6.48. The number of nitrogens with zero attached hydrogens (tertiary/aromatic N) is 1. The van der Waals surface area contributed by atoms with E-state index in [1.807, 2.05) is 24.3 Å². The van der Waals surface area contributed by atoms with Crippen molar-refractivity contribution in [2.45, 2.75) is 39.2 Å². The van der Waals surface area contributed by atoms with Gasteiger partial charge in [0.2, 0.25) is 0 Å². The molecule has 0 saturated heterocycles. The Balaban J connectivity index is 2.12. The van der Waals surface area contributed by atoms with Gasteiger partial charge in [0, 0.05) is 6.04 Å². The zero-order valence-electron chi connectivity index (χ0n) is 10.6. The third kappa shape index (κ3) is 2.61. The zero-order chi connectivity index (χ0) is 12.3. The van der Waals surface area contributed by atoms with Crippen molar-refractivity contribution in [2.24, 2.45) is 11.8 Å². The minimum absolute atomic E-state index is 0.508. The number of hydrogen-bond donors (Lipinski definition) is 1. The molecule has 0 spiro atoms. The van der Waals surface area contributed by atoms with Gasteiger partial charge in [0.25, 0.3) is 0 Å². The van der Waals surface area contributed by atoms with E-state index in [0.717, 1.165) is 17.2 Å². The van der Waals surface area contributed by atoms with E-state index in [0.29, 0.717) is 12.0 Å². The van der Waals surface area contributed by atoms with Crippen molar-refractivity contribution in [3.63, 3.8) is 0 Å². The lowest BCUT2D eigenvalue weighted by Crippen LogP contribution is -2.35. The molecule has 1 aromatic carbocycles. The fourth-order valence-electron chi connectivity index (χ4n) is 2.69. The quantitative estimate of drug-likeness (QED) is 0.835. The molecule has 1 fully saturated rings. The van der Waals surface area contributed by atoms with E-state index in [-0.39, 0.29) is 0 Å². The molecule has 17 heavy (non-hydrogen) atoms. The van der Waals surface area contributed by atoms with Crippen LogP contribution in [0, 0.1) is 23.2 Å². The van der Waals surface area contributed by atoms with Crippen LogP contribution in [0.2, 0.25) is 0 Å². The molecule has 1 saturated carbocycles. The molecule has 90 valence electrons. The van der Waals surface area contributed by atoms with Gasteiger partial charge in [0.1, 0.15) is 6.07 Å². The molecular formula is C15H20N2. The van der Waals surface area contributed by atoms with Crippen molar-refractivity contribution in [3.05, 3.63) is 29.8 Å². The molecule has 1 N–H and O–H groups in total. The van der Waals surface area contributed by atoms with Crippen LogP contribution in [0.5, 0.6) is 0 Å². The minimum atomic E-state index is 0.508. The molecule has 2 rings (SSSR count). The molecule has 2 heteroatoms. The van der Waals surface area contributed by atoms with Crippen LogP contribution in [0.15, 0.2) is 24.3 Å². The number of rotatable bonds is 2. The SMILES string of the molecule is CC1CCCC(Nc2ccccc2C#N)C1C. The van der Waals surface area contributed by atoms with E-state index < -0.39 is 0 Å². The standard InChI is InChI=1S/C15H20N2/c1-11-6-5-9-14(12(11)2)17-15-8-4-3-7-13(15)10-16/h3-4,7-8,11-12,14,17H,5-6,9H2,1-2H3. The average molecular weight is 228 g/mol. The molecule has 1 aromatic rings. The first kappa shape index (κ1) is 12.0. The van der Waals surface area contributed by atoms with Gasteiger partial charge in [-0.2, -0.15) is 5.26 Å². The normalized spacial score (nSPS) is 28.4. The van der Waals surface area contributed by atoms with Crippen LogP contribution < -0.4 is 5.32 Å². The molecule has 0 radical (unpaired) electrons. The molecule has 3 unspecified atom stereocenters. The van der Waals surface area contributed by atoms with Gasteiger partial charge < -0.3 is 5.32 Å². The summed E-state index contributed by atoms with van der Waals surface area (Å²) in [7, 11) is 0. The van der Waals surface area contributed by atoms with Crippen molar-refractivity contribution in [1.29, 1.82) is 5.26 Å². The van der Waals surface area contributed by atoms with Crippen molar-refractivity contribution in [2.75, 3.05) is 5.32 Å². The Bertz CT molecular complexity index is 419. The first-order valence-electron chi connectivity index (χ1n) is 6.48. The Morgan fingerprint density at radius 1 is 1.24 bits per heavy atom. The van der Waals surface area contributed by atoms with Crippen LogP contribution in [-0.4, -0.2) is 6.04 Å². The Labute approximate surface area is 104 Å². The summed E-state index contributed by atoms with van der Waals surface area (Å²) in [5.41, 5.74) is 1.74. The highest BCUT2D eigenvalue weighted by Crippen LogP contribution is 2.32. The van der Waals surface area contributed by atoms with Crippen molar-refractivity contribution < 1.29 is 0 Å². The minimum Gasteiger partial charge on any atom is -0.381 e. The van der Waals surface area contributed by atoms with Gasteiger partial charge in [0.05, 0.1) is 11.3 Å². The summed E-state index contributed by atoms with van der Waals surface area (Å²) in [4.78, 5) is 0. The van der Waals surface area contributed by atoms with Gasteiger partial charge in [-0.3, -0.25) is 0 Å². The zero-order valence-corrected chi connectivity index (χ0v) is 10.6. The molecule has 2 nitrogen and oxygen atoms in total. The molecule has 0 bridgehead atoms. The maximum absolute atomic E-state index is 9.08. The predicted molar refractivity (Wildman–Crippen MR) is 70.7 cm³/mol. The van der Waals surface area contributed by atoms with Gasteiger partial charge >= 0.3 is 0 Å². The van der Waals surface area contributed by atoms with E-state index in [1.54, 1.807) is 0 Å². The molecule has 3 atom stereocenters. The lowest BCUT2D eigenvalue weighted by atomic mass is 9.78. The summed E-state index contributed by atoms with van der Waals surface area (Å²) in [6.45, 7) is 4.64. The van der Waals surface area contributed by atoms with Crippen LogP contribution in [-0.2, 0) is 0 Å². The van der Waals surface area contributed by atoms with Gasteiger partial charge in [-0.05, 0) is 30.4 Å². The van der Waals surface area contributed by atoms with Crippen molar-refractivity contribution in [3.8, 4) is 6.07 Å². The monoisotopic (exact) mass is 228 g/mol. The molecule has 1 aliphatic rings. The molecule has 1 aliphatic carbocycles. The lowest BCUT2D eigenvalue weighted by Gasteiger charge is -2.35.